The molecule has 1 unspecified atom stereocenters. The van der Waals surface area contributed by atoms with Crippen LogP contribution in [0.1, 0.15) is 36.9 Å². The normalized spacial score (nSPS) is 14.8. The van der Waals surface area contributed by atoms with Gasteiger partial charge in [-0.3, -0.25) is 9.78 Å². The number of rotatable bonds is 9. The number of hydrogen-bond acceptors (Lipinski definition) is 4. The van der Waals surface area contributed by atoms with Crippen LogP contribution in [-0.2, 0) is 16.1 Å². The first-order chi connectivity index (χ1) is 12.2. The molecular formula is C20H24N2O3. The first kappa shape index (κ1) is 17.4. The number of hydrogen-bond donors (Lipinski definition) is 1. The standard InChI is InChI=1S/C20H24N2O3/c1-15(22-20(23)14-24-12-16-4-5-16)18-6-8-19(9-7-18)25-13-17-3-2-10-21-11-17/h2-3,6-11,15-16H,4-5,12-14H2,1H3,(H,22,23). The summed E-state index contributed by atoms with van der Waals surface area (Å²) in [7, 11) is 0. The molecule has 1 aliphatic rings. The van der Waals surface area contributed by atoms with Gasteiger partial charge in [-0.15, -0.1) is 0 Å². The minimum absolute atomic E-state index is 0.0654. The number of carbonyl (C=O) groups is 1. The molecule has 0 spiro atoms. The fraction of sp³-hybridized carbons (Fsp3) is 0.400. The van der Waals surface area contributed by atoms with E-state index in [1.165, 1.54) is 12.8 Å². The fourth-order valence-corrected chi connectivity index (χ4v) is 2.47. The lowest BCUT2D eigenvalue weighted by Crippen LogP contribution is -2.30. The molecule has 2 aromatic rings. The van der Waals surface area contributed by atoms with Gasteiger partial charge in [0.2, 0.25) is 5.91 Å². The SMILES string of the molecule is CC(NC(=O)COCC1CC1)c1ccc(OCc2cccnc2)cc1. The minimum Gasteiger partial charge on any atom is -0.489 e. The van der Waals surface area contributed by atoms with E-state index in [0.717, 1.165) is 16.9 Å². The summed E-state index contributed by atoms with van der Waals surface area (Å²) in [6.07, 6.45) is 5.99. The van der Waals surface area contributed by atoms with Crippen molar-refractivity contribution in [1.29, 1.82) is 0 Å². The summed E-state index contributed by atoms with van der Waals surface area (Å²) in [5.74, 6) is 1.38. The summed E-state index contributed by atoms with van der Waals surface area (Å²) in [5.41, 5.74) is 2.06. The lowest BCUT2D eigenvalue weighted by atomic mass is 10.1. The van der Waals surface area contributed by atoms with Crippen LogP contribution < -0.4 is 10.1 Å². The van der Waals surface area contributed by atoms with Crippen molar-refractivity contribution < 1.29 is 14.3 Å². The zero-order valence-corrected chi connectivity index (χ0v) is 14.5. The zero-order chi connectivity index (χ0) is 17.5. The van der Waals surface area contributed by atoms with E-state index in [0.29, 0.717) is 19.1 Å². The molecule has 1 aromatic heterocycles. The van der Waals surface area contributed by atoms with Crippen LogP contribution in [0, 0.1) is 5.92 Å². The molecule has 0 radical (unpaired) electrons. The second-order valence-electron chi connectivity index (χ2n) is 6.47. The Balaban J connectivity index is 1.43. The molecule has 5 nitrogen and oxygen atoms in total. The maximum atomic E-state index is 11.9. The summed E-state index contributed by atoms with van der Waals surface area (Å²) >= 11 is 0. The summed E-state index contributed by atoms with van der Waals surface area (Å²) in [5, 5.41) is 2.95. The van der Waals surface area contributed by atoms with Crippen molar-refractivity contribution in [2.75, 3.05) is 13.2 Å². The van der Waals surface area contributed by atoms with E-state index < -0.39 is 0 Å². The minimum atomic E-state index is -0.0787. The van der Waals surface area contributed by atoms with Crippen LogP contribution in [0.5, 0.6) is 5.75 Å². The molecule has 0 saturated heterocycles. The van der Waals surface area contributed by atoms with Gasteiger partial charge in [-0.2, -0.15) is 0 Å². The molecule has 1 aromatic carbocycles. The van der Waals surface area contributed by atoms with E-state index in [9.17, 15) is 4.79 Å². The monoisotopic (exact) mass is 340 g/mol. The van der Waals surface area contributed by atoms with Gasteiger partial charge in [0.15, 0.2) is 0 Å². The number of nitrogens with zero attached hydrogens (tertiary/aromatic N) is 1. The number of aromatic nitrogens is 1. The predicted octanol–water partition coefficient (Wildman–Crippen LogP) is 3.26. The zero-order valence-electron chi connectivity index (χ0n) is 14.5. The lowest BCUT2D eigenvalue weighted by molar-refractivity contribution is -0.126. The van der Waals surface area contributed by atoms with Crippen molar-refractivity contribution in [3.63, 3.8) is 0 Å². The maximum absolute atomic E-state index is 11.9. The number of carbonyl (C=O) groups excluding carboxylic acids is 1. The van der Waals surface area contributed by atoms with Crippen LogP contribution in [0.3, 0.4) is 0 Å². The first-order valence-corrected chi connectivity index (χ1v) is 8.69. The van der Waals surface area contributed by atoms with Crippen molar-refractivity contribution in [3.8, 4) is 5.75 Å². The Morgan fingerprint density at radius 1 is 1.28 bits per heavy atom. The molecule has 132 valence electrons. The van der Waals surface area contributed by atoms with Crippen LogP contribution in [0.25, 0.3) is 0 Å². The quantitative estimate of drug-likeness (QED) is 0.761. The Labute approximate surface area is 148 Å². The highest BCUT2D eigenvalue weighted by Gasteiger charge is 2.21. The highest BCUT2D eigenvalue weighted by Crippen LogP contribution is 2.28. The van der Waals surface area contributed by atoms with Crippen molar-refractivity contribution in [1.82, 2.24) is 10.3 Å². The third-order valence-electron chi connectivity index (χ3n) is 4.17. The van der Waals surface area contributed by atoms with Crippen molar-refractivity contribution in [2.45, 2.75) is 32.4 Å². The lowest BCUT2D eigenvalue weighted by Gasteiger charge is -2.15. The van der Waals surface area contributed by atoms with Crippen molar-refractivity contribution >= 4 is 5.91 Å². The average molecular weight is 340 g/mol. The number of nitrogens with one attached hydrogen (secondary N) is 1. The molecule has 25 heavy (non-hydrogen) atoms. The van der Waals surface area contributed by atoms with Crippen LogP contribution in [0.15, 0.2) is 48.8 Å². The molecule has 1 amide bonds. The van der Waals surface area contributed by atoms with Crippen LogP contribution in [0.4, 0.5) is 0 Å². The molecule has 1 atom stereocenters. The van der Waals surface area contributed by atoms with Crippen LogP contribution >= 0.6 is 0 Å². The maximum Gasteiger partial charge on any atom is 0.246 e. The van der Waals surface area contributed by atoms with E-state index in [-0.39, 0.29) is 18.6 Å². The Morgan fingerprint density at radius 2 is 2.08 bits per heavy atom. The van der Waals surface area contributed by atoms with Crippen LogP contribution in [0.2, 0.25) is 0 Å². The van der Waals surface area contributed by atoms with Crippen molar-refractivity contribution in [2.24, 2.45) is 5.92 Å². The summed E-state index contributed by atoms with van der Waals surface area (Å²) in [6, 6.07) is 11.6. The van der Waals surface area contributed by atoms with Gasteiger partial charge in [0, 0.05) is 18.0 Å². The predicted molar refractivity (Wildman–Crippen MR) is 95.1 cm³/mol. The largest absolute Gasteiger partial charge is 0.489 e. The number of ether oxygens (including phenoxy) is 2. The number of pyridine rings is 1. The third kappa shape index (κ3) is 5.87. The molecule has 1 fully saturated rings. The Morgan fingerprint density at radius 3 is 2.76 bits per heavy atom. The third-order valence-corrected chi connectivity index (χ3v) is 4.17. The van der Waals surface area contributed by atoms with E-state index in [4.69, 9.17) is 9.47 Å². The van der Waals surface area contributed by atoms with Gasteiger partial charge in [-0.25, -0.2) is 0 Å². The van der Waals surface area contributed by atoms with Gasteiger partial charge >= 0.3 is 0 Å². The van der Waals surface area contributed by atoms with Gasteiger partial charge in [0.1, 0.15) is 19.0 Å². The fourth-order valence-electron chi connectivity index (χ4n) is 2.47. The Kier molecular flexibility index (Phi) is 6.01. The van der Waals surface area contributed by atoms with E-state index in [2.05, 4.69) is 10.3 Å². The molecule has 1 heterocycles. The highest BCUT2D eigenvalue weighted by atomic mass is 16.5. The van der Waals surface area contributed by atoms with Gasteiger partial charge < -0.3 is 14.8 Å². The highest BCUT2D eigenvalue weighted by molar-refractivity contribution is 5.77. The van der Waals surface area contributed by atoms with Crippen LogP contribution in [-0.4, -0.2) is 24.1 Å². The van der Waals surface area contributed by atoms with Gasteiger partial charge in [-0.1, -0.05) is 18.2 Å². The second kappa shape index (κ2) is 8.62. The second-order valence-corrected chi connectivity index (χ2v) is 6.47. The number of benzene rings is 1. The van der Waals surface area contributed by atoms with E-state index in [1.807, 2.05) is 43.3 Å². The molecule has 1 N–H and O–H groups in total. The molecule has 5 heteroatoms. The van der Waals surface area contributed by atoms with Crippen molar-refractivity contribution in [3.05, 3.63) is 59.9 Å². The summed E-state index contributed by atoms with van der Waals surface area (Å²) in [6.45, 7) is 3.28. The summed E-state index contributed by atoms with van der Waals surface area (Å²) in [4.78, 5) is 16.0. The molecule has 3 rings (SSSR count). The van der Waals surface area contributed by atoms with E-state index in [1.54, 1.807) is 12.4 Å². The number of amides is 1. The molecular weight excluding hydrogens is 316 g/mol. The Bertz CT molecular complexity index is 669. The topological polar surface area (TPSA) is 60.5 Å². The smallest absolute Gasteiger partial charge is 0.246 e. The molecule has 0 bridgehead atoms. The molecule has 0 aliphatic heterocycles. The van der Waals surface area contributed by atoms with Gasteiger partial charge in [0.05, 0.1) is 12.6 Å². The summed E-state index contributed by atoms with van der Waals surface area (Å²) < 4.78 is 11.2. The Hall–Kier alpha value is -2.40. The van der Waals surface area contributed by atoms with Gasteiger partial charge in [0.25, 0.3) is 0 Å². The molecule has 1 aliphatic carbocycles. The first-order valence-electron chi connectivity index (χ1n) is 8.69. The van der Waals surface area contributed by atoms with Gasteiger partial charge in [-0.05, 0) is 49.4 Å². The average Bonchev–Trinajstić information content (AvgIpc) is 3.45. The van der Waals surface area contributed by atoms with E-state index >= 15 is 0 Å². The molecule has 1 saturated carbocycles.